The number of thiazole rings is 1. The molecule has 132 valence electrons. The predicted molar refractivity (Wildman–Crippen MR) is 111 cm³/mol. The Bertz CT molecular complexity index is 1060. The number of hydrazone groups is 1. The van der Waals surface area contributed by atoms with Gasteiger partial charge < -0.3 is 0 Å². The van der Waals surface area contributed by atoms with Crippen molar-refractivity contribution < 1.29 is 4.39 Å². The summed E-state index contributed by atoms with van der Waals surface area (Å²) in [5.74, 6) is -0.272. The summed E-state index contributed by atoms with van der Waals surface area (Å²) in [5.41, 5.74) is 6.97. The SMILES string of the molecule is Fc1cc(C=NNc2nc(-c3ccccc3)cs2)ccc1-c1ccccc1. The average molecular weight is 373 g/mol. The summed E-state index contributed by atoms with van der Waals surface area (Å²) in [6.45, 7) is 0. The molecule has 4 aromatic rings. The topological polar surface area (TPSA) is 37.3 Å². The van der Waals surface area contributed by atoms with Gasteiger partial charge in [-0.2, -0.15) is 5.10 Å². The highest BCUT2D eigenvalue weighted by molar-refractivity contribution is 7.14. The van der Waals surface area contributed by atoms with Crippen molar-refractivity contribution in [1.29, 1.82) is 0 Å². The summed E-state index contributed by atoms with van der Waals surface area (Å²) < 4.78 is 14.4. The van der Waals surface area contributed by atoms with E-state index >= 15 is 0 Å². The van der Waals surface area contributed by atoms with E-state index < -0.39 is 0 Å². The lowest BCUT2D eigenvalue weighted by atomic mass is 10.0. The number of hydrogen-bond acceptors (Lipinski definition) is 4. The van der Waals surface area contributed by atoms with Crippen molar-refractivity contribution in [3.8, 4) is 22.4 Å². The maximum Gasteiger partial charge on any atom is 0.203 e. The fraction of sp³-hybridized carbons (Fsp3) is 0. The van der Waals surface area contributed by atoms with Crippen LogP contribution in [0.5, 0.6) is 0 Å². The summed E-state index contributed by atoms with van der Waals surface area (Å²) in [4.78, 5) is 4.50. The molecule has 0 saturated heterocycles. The van der Waals surface area contributed by atoms with Crippen LogP contribution >= 0.6 is 11.3 Å². The molecule has 0 radical (unpaired) electrons. The van der Waals surface area contributed by atoms with Gasteiger partial charge >= 0.3 is 0 Å². The number of hydrogen-bond donors (Lipinski definition) is 1. The van der Waals surface area contributed by atoms with Crippen molar-refractivity contribution in [2.75, 3.05) is 5.43 Å². The van der Waals surface area contributed by atoms with Gasteiger partial charge in [0.2, 0.25) is 5.13 Å². The van der Waals surface area contributed by atoms with Crippen LogP contribution in [0.3, 0.4) is 0 Å². The van der Waals surface area contributed by atoms with Crippen LogP contribution < -0.4 is 5.43 Å². The van der Waals surface area contributed by atoms with Gasteiger partial charge in [0.1, 0.15) is 5.82 Å². The smallest absolute Gasteiger partial charge is 0.203 e. The van der Waals surface area contributed by atoms with Crippen LogP contribution in [0.25, 0.3) is 22.4 Å². The van der Waals surface area contributed by atoms with Crippen LogP contribution in [0.2, 0.25) is 0 Å². The Balaban J connectivity index is 1.45. The van der Waals surface area contributed by atoms with Crippen LogP contribution in [-0.4, -0.2) is 11.2 Å². The minimum atomic E-state index is -0.272. The van der Waals surface area contributed by atoms with Gasteiger partial charge in [-0.05, 0) is 17.2 Å². The molecule has 1 heterocycles. The zero-order valence-corrected chi connectivity index (χ0v) is 15.2. The summed E-state index contributed by atoms with van der Waals surface area (Å²) in [5, 5.41) is 6.83. The molecule has 27 heavy (non-hydrogen) atoms. The zero-order valence-electron chi connectivity index (χ0n) is 14.3. The molecule has 1 aromatic heterocycles. The molecule has 0 aliphatic heterocycles. The van der Waals surface area contributed by atoms with Crippen molar-refractivity contribution >= 4 is 22.7 Å². The number of nitrogens with zero attached hydrogens (tertiary/aromatic N) is 2. The Labute approximate surface area is 160 Å². The number of aromatic nitrogens is 1. The molecule has 0 fully saturated rings. The Morgan fingerprint density at radius 3 is 2.30 bits per heavy atom. The third-order valence-electron chi connectivity index (χ3n) is 4.03. The van der Waals surface area contributed by atoms with E-state index in [1.165, 1.54) is 17.4 Å². The number of rotatable bonds is 5. The van der Waals surface area contributed by atoms with Crippen LogP contribution in [0.1, 0.15) is 5.56 Å². The second-order valence-corrected chi connectivity index (χ2v) is 6.74. The molecule has 0 unspecified atom stereocenters. The van der Waals surface area contributed by atoms with Gasteiger partial charge in [0.25, 0.3) is 0 Å². The van der Waals surface area contributed by atoms with Gasteiger partial charge in [0, 0.05) is 16.5 Å². The maximum absolute atomic E-state index is 14.4. The Kier molecular flexibility index (Phi) is 5.03. The quantitative estimate of drug-likeness (QED) is 0.341. The molecule has 0 saturated carbocycles. The van der Waals surface area contributed by atoms with E-state index in [-0.39, 0.29) is 5.82 Å². The summed E-state index contributed by atoms with van der Waals surface area (Å²) in [7, 11) is 0. The minimum absolute atomic E-state index is 0.272. The normalized spacial score (nSPS) is 11.0. The Morgan fingerprint density at radius 2 is 1.59 bits per heavy atom. The number of halogens is 1. The first kappa shape index (κ1) is 17.1. The van der Waals surface area contributed by atoms with Crippen molar-refractivity contribution in [3.63, 3.8) is 0 Å². The van der Waals surface area contributed by atoms with Gasteiger partial charge in [-0.3, -0.25) is 5.43 Å². The monoisotopic (exact) mass is 373 g/mol. The second-order valence-electron chi connectivity index (χ2n) is 5.88. The van der Waals surface area contributed by atoms with Gasteiger partial charge in [-0.15, -0.1) is 11.3 Å². The summed E-state index contributed by atoms with van der Waals surface area (Å²) in [6, 6.07) is 24.5. The zero-order chi connectivity index (χ0) is 18.5. The highest BCUT2D eigenvalue weighted by atomic mass is 32.1. The van der Waals surface area contributed by atoms with E-state index in [9.17, 15) is 4.39 Å². The van der Waals surface area contributed by atoms with E-state index in [1.807, 2.05) is 72.1 Å². The molecule has 0 amide bonds. The van der Waals surface area contributed by atoms with E-state index in [0.29, 0.717) is 16.3 Å². The third-order valence-corrected chi connectivity index (χ3v) is 4.77. The van der Waals surface area contributed by atoms with Crippen LogP contribution in [0.15, 0.2) is 89.3 Å². The Morgan fingerprint density at radius 1 is 0.889 bits per heavy atom. The van der Waals surface area contributed by atoms with Crippen LogP contribution in [0, 0.1) is 5.82 Å². The fourth-order valence-electron chi connectivity index (χ4n) is 2.69. The molecular weight excluding hydrogens is 357 g/mol. The fourth-order valence-corrected chi connectivity index (χ4v) is 3.36. The van der Waals surface area contributed by atoms with Crippen LogP contribution in [-0.2, 0) is 0 Å². The first-order valence-electron chi connectivity index (χ1n) is 8.44. The van der Waals surface area contributed by atoms with Gasteiger partial charge in [-0.25, -0.2) is 9.37 Å². The largest absolute Gasteiger partial charge is 0.253 e. The first-order chi connectivity index (χ1) is 13.3. The predicted octanol–water partition coefficient (Wildman–Crippen LogP) is 6.06. The molecule has 0 aliphatic rings. The molecule has 1 N–H and O–H groups in total. The average Bonchev–Trinajstić information content (AvgIpc) is 3.18. The molecule has 5 heteroatoms. The van der Waals surface area contributed by atoms with Gasteiger partial charge in [0.15, 0.2) is 0 Å². The molecule has 3 aromatic carbocycles. The lowest BCUT2D eigenvalue weighted by molar-refractivity contribution is 0.631. The molecule has 0 spiro atoms. The minimum Gasteiger partial charge on any atom is -0.253 e. The lowest BCUT2D eigenvalue weighted by Gasteiger charge is -2.04. The second kappa shape index (κ2) is 7.93. The first-order valence-corrected chi connectivity index (χ1v) is 9.32. The summed E-state index contributed by atoms with van der Waals surface area (Å²) >= 11 is 1.47. The highest BCUT2D eigenvalue weighted by Crippen LogP contribution is 2.25. The molecule has 0 atom stereocenters. The van der Waals surface area contributed by atoms with E-state index in [0.717, 1.165) is 16.8 Å². The van der Waals surface area contributed by atoms with Gasteiger partial charge in [0.05, 0.1) is 11.9 Å². The van der Waals surface area contributed by atoms with E-state index in [4.69, 9.17) is 0 Å². The Hall–Kier alpha value is -3.31. The molecule has 0 bridgehead atoms. The number of nitrogens with one attached hydrogen (secondary N) is 1. The van der Waals surface area contributed by atoms with E-state index in [2.05, 4.69) is 15.5 Å². The lowest BCUT2D eigenvalue weighted by Crippen LogP contribution is -1.92. The molecule has 0 aliphatic carbocycles. The number of anilines is 1. The van der Waals surface area contributed by atoms with Gasteiger partial charge in [-0.1, -0.05) is 72.8 Å². The standard InChI is InChI=1S/C22H16FN3S/c23-20-13-16(11-12-19(20)17-7-3-1-4-8-17)14-24-26-22-25-21(15-27-22)18-9-5-2-6-10-18/h1-15H,(H,25,26). The summed E-state index contributed by atoms with van der Waals surface area (Å²) in [6.07, 6.45) is 1.58. The maximum atomic E-state index is 14.4. The molecule has 3 nitrogen and oxygen atoms in total. The number of benzene rings is 3. The molecular formula is C22H16FN3S. The van der Waals surface area contributed by atoms with Crippen molar-refractivity contribution in [3.05, 3.63) is 95.6 Å². The third kappa shape index (κ3) is 4.10. The van der Waals surface area contributed by atoms with Crippen molar-refractivity contribution in [2.45, 2.75) is 0 Å². The van der Waals surface area contributed by atoms with Crippen LogP contribution in [0.4, 0.5) is 9.52 Å². The molecule has 4 rings (SSSR count). The van der Waals surface area contributed by atoms with E-state index in [1.54, 1.807) is 12.3 Å². The highest BCUT2D eigenvalue weighted by Gasteiger charge is 2.05. The van der Waals surface area contributed by atoms with Crippen molar-refractivity contribution in [1.82, 2.24) is 4.98 Å². The van der Waals surface area contributed by atoms with Crippen molar-refractivity contribution in [2.24, 2.45) is 5.10 Å².